The Morgan fingerprint density at radius 1 is 1.50 bits per heavy atom. The Hall–Kier alpha value is 0.0548. The summed E-state index contributed by atoms with van der Waals surface area (Å²) in [5.74, 6) is 0. The summed E-state index contributed by atoms with van der Waals surface area (Å²) >= 11 is 0. The number of rotatable bonds is 3. The third kappa shape index (κ3) is 1.89. The highest BCUT2D eigenvalue weighted by molar-refractivity contribution is 6.56. The van der Waals surface area contributed by atoms with E-state index in [0.717, 1.165) is 0 Å². The van der Waals surface area contributed by atoms with Gasteiger partial charge in [0.2, 0.25) is 0 Å². The Kier molecular flexibility index (Phi) is 3.18. The summed E-state index contributed by atoms with van der Waals surface area (Å²) in [6, 6.07) is 0. The first-order valence-corrected chi connectivity index (χ1v) is 2.80. The molecule has 0 bridgehead atoms. The normalized spacial score (nSPS) is 10.9. The smallest absolute Gasteiger partial charge is 0.331 e. The number of hydrogen-bond acceptors (Lipinski definition) is 0. The van der Waals surface area contributed by atoms with Gasteiger partial charge < -0.3 is 8.63 Å². The molecule has 0 aliphatic carbocycles. The minimum atomic E-state index is -0.708. The van der Waals surface area contributed by atoms with Gasteiger partial charge in [-0.15, -0.1) is 0 Å². The van der Waals surface area contributed by atoms with Crippen LogP contribution in [0.3, 0.4) is 0 Å². The van der Waals surface area contributed by atoms with Crippen LogP contribution in [0.1, 0.15) is 6.92 Å². The van der Waals surface area contributed by atoms with Crippen LogP contribution >= 0.6 is 0 Å². The highest BCUT2D eigenvalue weighted by atomic mass is 19.1. The molecule has 8 heavy (non-hydrogen) atoms. The first-order chi connectivity index (χ1) is 3.68. The fourth-order valence-electron chi connectivity index (χ4n) is 0.225. The molecular weight excluding hydrogens is 106 g/mol. The molecule has 0 nitrogen and oxygen atoms in total. The molecule has 0 aromatic carbocycles. The van der Waals surface area contributed by atoms with Crippen LogP contribution in [0, 0.1) is 0 Å². The van der Waals surface area contributed by atoms with Crippen LogP contribution in [0.4, 0.5) is 8.63 Å². The van der Waals surface area contributed by atoms with Gasteiger partial charge in [0.15, 0.2) is 0 Å². The van der Waals surface area contributed by atoms with Crippen LogP contribution in [-0.4, -0.2) is 23.0 Å². The highest BCUT2D eigenvalue weighted by Crippen LogP contribution is 2.25. The molecule has 0 fully saturated rings. The average Bonchev–Trinajstić information content (AvgIpc) is 1.87. The summed E-state index contributed by atoms with van der Waals surface area (Å²) in [6.45, 7) is 1.60. The molecule has 0 rings (SSSR count). The van der Waals surface area contributed by atoms with Gasteiger partial charge in [-0.25, -0.2) is 0 Å². The van der Waals surface area contributed by atoms with E-state index in [0.29, 0.717) is 6.32 Å². The molecule has 0 N–H and O–H groups in total. The molecule has 0 spiro atoms. The van der Waals surface area contributed by atoms with Crippen molar-refractivity contribution in [3.63, 3.8) is 0 Å². The van der Waals surface area contributed by atoms with Crippen LogP contribution in [0.25, 0.3) is 0 Å². The maximum atomic E-state index is 11.8. The molecule has 0 aliphatic rings. The number of halogens is 2. The molecule has 0 aromatic rings. The van der Waals surface area contributed by atoms with Crippen LogP contribution in [0.15, 0.2) is 0 Å². The van der Waals surface area contributed by atoms with Crippen molar-refractivity contribution in [3.8, 4) is 0 Å². The summed E-state index contributed by atoms with van der Waals surface area (Å²) in [4.78, 5) is 0. The Bertz CT molecular complexity index is 55.3. The molecule has 0 radical (unpaired) electrons. The molecule has 44 valence electrons. The predicted octanol–water partition coefficient (Wildman–Crippen LogP) is -0.184. The molecule has 0 aromatic heterocycles. The van der Waals surface area contributed by atoms with E-state index in [9.17, 15) is 8.63 Å². The van der Waals surface area contributed by atoms with E-state index in [4.69, 9.17) is 0 Å². The van der Waals surface area contributed by atoms with E-state index >= 15 is 0 Å². The molecule has 5 heteroatoms. The molecule has 0 saturated heterocycles. The van der Waals surface area contributed by atoms with E-state index in [-0.39, 0.29) is 0 Å². The maximum Gasteiger partial charge on any atom is 0.331 e. The van der Waals surface area contributed by atoms with Gasteiger partial charge in [-0.05, 0) is 5.21 Å². The summed E-state index contributed by atoms with van der Waals surface area (Å²) in [5, 5.41) is -0.708. The zero-order valence-electron chi connectivity index (χ0n) is 5.38. The lowest BCUT2D eigenvalue weighted by Gasteiger charge is -2.15. The predicted molar refractivity (Wildman–Crippen MR) is 38.2 cm³/mol. The monoisotopic (exact) mass is 116 g/mol. The number of hydrogen-bond donors (Lipinski definition) is 0. The molecule has 0 amide bonds. The Morgan fingerprint density at radius 2 is 1.88 bits per heavy atom. The van der Waals surface area contributed by atoms with Gasteiger partial charge in [0.1, 0.15) is 7.85 Å². The molecule has 0 heterocycles. The van der Waals surface area contributed by atoms with E-state index in [1.807, 2.05) is 0 Å². The van der Waals surface area contributed by atoms with Gasteiger partial charge in [0.25, 0.3) is 0 Å². The SMILES string of the molecule is BCC(C)(BF)BF. The van der Waals surface area contributed by atoms with E-state index in [2.05, 4.69) is 0 Å². The molecule has 0 atom stereocenters. The first kappa shape index (κ1) is 8.05. The topological polar surface area (TPSA) is 0 Å². The lowest BCUT2D eigenvalue weighted by atomic mass is 9.46. The summed E-state index contributed by atoms with van der Waals surface area (Å²) in [5.41, 5.74) is 0. The standard InChI is InChI=1S/C3H9B3F2/c1-3(2-4,5-7)6-8/h5-6H,2,4H2,1H3. The zero-order chi connectivity index (χ0) is 6.62. The molecule has 0 aliphatic heterocycles. The largest absolute Gasteiger partial charge is 0.342 e. The van der Waals surface area contributed by atoms with E-state index in [1.165, 1.54) is 0 Å². The van der Waals surface area contributed by atoms with E-state index < -0.39 is 20.3 Å². The second-order valence-electron chi connectivity index (χ2n) is 2.43. The van der Waals surface area contributed by atoms with Gasteiger partial charge >= 0.3 is 15.1 Å². The van der Waals surface area contributed by atoms with Crippen molar-refractivity contribution < 1.29 is 8.63 Å². The molecular formula is C3H9B3F2. The first-order valence-electron chi connectivity index (χ1n) is 2.80. The Balaban J connectivity index is 3.58. The van der Waals surface area contributed by atoms with Gasteiger partial charge in [0, 0.05) is 0 Å². The van der Waals surface area contributed by atoms with Crippen molar-refractivity contribution in [2.24, 2.45) is 0 Å². The third-order valence-electron chi connectivity index (χ3n) is 1.50. The van der Waals surface area contributed by atoms with Crippen molar-refractivity contribution in [3.05, 3.63) is 0 Å². The second kappa shape index (κ2) is 3.15. The van der Waals surface area contributed by atoms with Crippen LogP contribution in [0.5, 0.6) is 0 Å². The highest BCUT2D eigenvalue weighted by Gasteiger charge is 2.25. The van der Waals surface area contributed by atoms with Gasteiger partial charge in [0.05, 0.1) is 0 Å². The second-order valence-corrected chi connectivity index (χ2v) is 2.43. The van der Waals surface area contributed by atoms with Crippen LogP contribution in [0.2, 0.25) is 11.5 Å². The Labute approximate surface area is 51.0 Å². The van der Waals surface area contributed by atoms with Crippen molar-refractivity contribution in [2.75, 3.05) is 0 Å². The maximum absolute atomic E-state index is 11.8. The van der Waals surface area contributed by atoms with Gasteiger partial charge in [-0.1, -0.05) is 13.2 Å². The lowest BCUT2D eigenvalue weighted by molar-refractivity contribution is 0.729. The molecule has 0 unspecified atom stereocenters. The third-order valence-corrected chi connectivity index (χ3v) is 1.50. The van der Waals surface area contributed by atoms with Crippen LogP contribution < -0.4 is 0 Å². The zero-order valence-corrected chi connectivity index (χ0v) is 5.38. The summed E-state index contributed by atoms with van der Waals surface area (Å²) in [7, 11) is 0.680. The van der Waals surface area contributed by atoms with Gasteiger partial charge in [-0.2, -0.15) is 0 Å². The average molecular weight is 116 g/mol. The fourth-order valence-corrected chi connectivity index (χ4v) is 0.225. The molecule has 0 saturated carbocycles. The van der Waals surface area contributed by atoms with E-state index in [1.54, 1.807) is 14.8 Å². The summed E-state index contributed by atoms with van der Waals surface area (Å²) < 4.78 is 23.6. The quantitative estimate of drug-likeness (QED) is 0.448. The fraction of sp³-hybridized carbons (Fsp3) is 1.00. The lowest BCUT2D eigenvalue weighted by Crippen LogP contribution is -2.18. The minimum absolute atomic E-state index is 0.556. The van der Waals surface area contributed by atoms with Crippen molar-refractivity contribution in [1.29, 1.82) is 0 Å². The van der Waals surface area contributed by atoms with Crippen LogP contribution in [-0.2, 0) is 0 Å². The van der Waals surface area contributed by atoms with Crippen molar-refractivity contribution in [2.45, 2.75) is 18.5 Å². The minimum Gasteiger partial charge on any atom is -0.342 e. The van der Waals surface area contributed by atoms with Gasteiger partial charge in [-0.3, -0.25) is 0 Å². The van der Waals surface area contributed by atoms with Crippen molar-refractivity contribution >= 4 is 23.0 Å². The Morgan fingerprint density at radius 3 is 1.88 bits per heavy atom. The van der Waals surface area contributed by atoms with Crippen molar-refractivity contribution in [1.82, 2.24) is 0 Å². The summed E-state index contributed by atoms with van der Waals surface area (Å²) in [6.07, 6.45) is 0.569.